The molecule has 0 fully saturated rings. The molecular weight excluding hydrogens is 416 g/mol. The lowest BCUT2D eigenvalue weighted by Gasteiger charge is -2.09. The van der Waals surface area contributed by atoms with Gasteiger partial charge in [-0.3, -0.25) is 14.4 Å². The first-order chi connectivity index (χ1) is 12.3. The van der Waals surface area contributed by atoms with Crippen LogP contribution >= 0.6 is 27.3 Å². The number of hydrogen-bond donors (Lipinski definition) is 2. The molecular formula is C19H21BrN2O3S. The van der Waals surface area contributed by atoms with E-state index in [0.717, 1.165) is 19.8 Å². The fourth-order valence-electron chi connectivity index (χ4n) is 2.50. The Morgan fingerprint density at radius 3 is 2.38 bits per heavy atom. The van der Waals surface area contributed by atoms with Crippen LogP contribution in [-0.2, 0) is 9.59 Å². The van der Waals surface area contributed by atoms with Gasteiger partial charge in [0, 0.05) is 38.3 Å². The molecule has 1 aromatic heterocycles. The Hall–Kier alpha value is -1.99. The van der Waals surface area contributed by atoms with Crippen LogP contribution in [0.5, 0.6) is 0 Å². The van der Waals surface area contributed by atoms with E-state index >= 15 is 0 Å². The maximum Gasteiger partial charge on any atom is 0.243 e. The van der Waals surface area contributed by atoms with Crippen LogP contribution in [0.25, 0.3) is 0 Å². The normalized spacial score (nSPS) is 10.5. The topological polar surface area (TPSA) is 75.3 Å². The molecule has 7 heteroatoms. The van der Waals surface area contributed by atoms with Crippen LogP contribution in [0.4, 0.5) is 5.69 Å². The van der Waals surface area contributed by atoms with Crippen molar-refractivity contribution in [2.24, 2.45) is 0 Å². The zero-order valence-electron chi connectivity index (χ0n) is 14.9. The summed E-state index contributed by atoms with van der Waals surface area (Å²) in [6, 6.07) is 7.38. The van der Waals surface area contributed by atoms with Gasteiger partial charge in [0.1, 0.15) is 0 Å². The molecule has 5 nitrogen and oxygen atoms in total. The van der Waals surface area contributed by atoms with Gasteiger partial charge in [-0.25, -0.2) is 0 Å². The molecule has 1 heterocycles. The number of ketones is 1. The summed E-state index contributed by atoms with van der Waals surface area (Å²) < 4.78 is 0.932. The number of rotatable bonds is 7. The van der Waals surface area contributed by atoms with E-state index in [1.165, 1.54) is 0 Å². The van der Waals surface area contributed by atoms with E-state index in [0.29, 0.717) is 11.3 Å². The molecule has 2 N–H and O–H groups in total. The molecule has 0 spiro atoms. The van der Waals surface area contributed by atoms with Crippen LogP contribution in [0.15, 0.2) is 28.7 Å². The highest BCUT2D eigenvalue weighted by atomic mass is 79.9. The molecule has 0 atom stereocenters. The lowest BCUT2D eigenvalue weighted by atomic mass is 10.1. The SMILES string of the molecule is Cc1cc(C(=O)CCC(=O)NCC(=O)Nc2ccc(Br)cc2C)c(C)s1. The van der Waals surface area contributed by atoms with Crippen LogP contribution in [-0.4, -0.2) is 24.1 Å². The number of amides is 2. The average Bonchev–Trinajstić information content (AvgIpc) is 2.92. The van der Waals surface area contributed by atoms with E-state index in [4.69, 9.17) is 0 Å². The van der Waals surface area contributed by atoms with E-state index in [9.17, 15) is 14.4 Å². The van der Waals surface area contributed by atoms with Gasteiger partial charge >= 0.3 is 0 Å². The first-order valence-electron chi connectivity index (χ1n) is 8.19. The molecule has 2 amide bonds. The highest BCUT2D eigenvalue weighted by Crippen LogP contribution is 2.22. The van der Waals surface area contributed by atoms with Crippen molar-refractivity contribution in [2.75, 3.05) is 11.9 Å². The number of benzene rings is 1. The Morgan fingerprint density at radius 1 is 1.04 bits per heavy atom. The predicted molar refractivity (Wildman–Crippen MR) is 108 cm³/mol. The Labute approximate surface area is 165 Å². The van der Waals surface area contributed by atoms with Gasteiger partial charge in [-0.1, -0.05) is 15.9 Å². The summed E-state index contributed by atoms with van der Waals surface area (Å²) in [5, 5.41) is 5.30. The molecule has 2 aromatic rings. The summed E-state index contributed by atoms with van der Waals surface area (Å²) in [4.78, 5) is 38.1. The predicted octanol–water partition coefficient (Wildman–Crippen LogP) is 4.15. The van der Waals surface area contributed by atoms with Gasteiger partial charge in [0.2, 0.25) is 11.8 Å². The largest absolute Gasteiger partial charge is 0.347 e. The van der Waals surface area contributed by atoms with Crippen molar-refractivity contribution in [1.29, 1.82) is 0 Å². The van der Waals surface area contributed by atoms with Crippen molar-refractivity contribution < 1.29 is 14.4 Å². The van der Waals surface area contributed by atoms with Gasteiger partial charge < -0.3 is 10.6 Å². The number of aryl methyl sites for hydroxylation is 3. The molecule has 2 rings (SSSR count). The van der Waals surface area contributed by atoms with Crippen LogP contribution in [0.3, 0.4) is 0 Å². The monoisotopic (exact) mass is 436 g/mol. The molecule has 0 unspecified atom stereocenters. The maximum absolute atomic E-state index is 12.2. The van der Waals surface area contributed by atoms with Crippen LogP contribution in [0, 0.1) is 20.8 Å². The van der Waals surface area contributed by atoms with Gasteiger partial charge in [-0.15, -0.1) is 11.3 Å². The van der Waals surface area contributed by atoms with Crippen molar-refractivity contribution in [1.82, 2.24) is 5.32 Å². The molecule has 0 radical (unpaired) electrons. The number of halogens is 1. The molecule has 0 aliphatic carbocycles. The summed E-state index contributed by atoms with van der Waals surface area (Å²) in [7, 11) is 0. The second kappa shape index (κ2) is 9.09. The summed E-state index contributed by atoms with van der Waals surface area (Å²) in [6.45, 7) is 5.62. The zero-order valence-corrected chi connectivity index (χ0v) is 17.3. The van der Waals surface area contributed by atoms with Crippen molar-refractivity contribution in [2.45, 2.75) is 33.6 Å². The first-order valence-corrected chi connectivity index (χ1v) is 9.80. The van der Waals surface area contributed by atoms with Crippen molar-refractivity contribution >= 4 is 50.6 Å². The fraction of sp³-hybridized carbons (Fsp3) is 0.316. The Kier molecular flexibility index (Phi) is 7.11. The molecule has 26 heavy (non-hydrogen) atoms. The molecule has 0 bridgehead atoms. The molecule has 0 saturated carbocycles. The first kappa shape index (κ1) is 20.3. The van der Waals surface area contributed by atoms with E-state index in [1.807, 2.05) is 39.0 Å². The average molecular weight is 437 g/mol. The second-order valence-corrected chi connectivity index (χ2v) is 8.41. The number of Topliss-reactive ketones (excluding diaryl/α,β-unsaturated/α-hetero) is 1. The van der Waals surface area contributed by atoms with E-state index in [1.54, 1.807) is 17.4 Å². The third-order valence-corrected chi connectivity index (χ3v) is 5.29. The quantitative estimate of drug-likeness (QED) is 0.639. The maximum atomic E-state index is 12.2. The summed E-state index contributed by atoms with van der Waals surface area (Å²) >= 11 is 4.94. The molecule has 138 valence electrons. The Bertz CT molecular complexity index is 845. The summed E-state index contributed by atoms with van der Waals surface area (Å²) in [5.74, 6) is -0.665. The fourth-order valence-corrected chi connectivity index (χ4v) is 3.92. The molecule has 0 aliphatic heterocycles. The minimum absolute atomic E-state index is 0.0445. The number of thiophene rings is 1. The zero-order chi connectivity index (χ0) is 19.3. The standard InChI is InChI=1S/C19H21BrN2O3S/c1-11-8-14(20)4-5-16(11)22-19(25)10-21-18(24)7-6-17(23)15-9-12(2)26-13(15)3/h4-5,8-9H,6-7,10H2,1-3H3,(H,21,24)(H,22,25). The second-order valence-electron chi connectivity index (χ2n) is 6.03. The third kappa shape index (κ3) is 5.78. The van der Waals surface area contributed by atoms with Crippen molar-refractivity contribution in [3.63, 3.8) is 0 Å². The minimum Gasteiger partial charge on any atom is -0.347 e. The van der Waals surface area contributed by atoms with E-state index in [2.05, 4.69) is 26.6 Å². The lowest BCUT2D eigenvalue weighted by Crippen LogP contribution is -2.33. The minimum atomic E-state index is -0.314. The third-order valence-electron chi connectivity index (χ3n) is 3.83. The summed E-state index contributed by atoms with van der Waals surface area (Å²) in [5.41, 5.74) is 2.31. The highest BCUT2D eigenvalue weighted by Gasteiger charge is 2.14. The van der Waals surface area contributed by atoms with Gasteiger partial charge in [0.05, 0.1) is 6.54 Å². The van der Waals surface area contributed by atoms with Gasteiger partial charge in [0.15, 0.2) is 5.78 Å². The number of nitrogens with one attached hydrogen (secondary N) is 2. The number of anilines is 1. The number of carbonyl (C=O) groups excluding carboxylic acids is 3. The van der Waals surface area contributed by atoms with Crippen LogP contribution in [0.1, 0.15) is 38.5 Å². The van der Waals surface area contributed by atoms with Crippen molar-refractivity contribution in [3.05, 3.63) is 49.6 Å². The van der Waals surface area contributed by atoms with Crippen LogP contribution < -0.4 is 10.6 Å². The Balaban J connectivity index is 1.76. The Morgan fingerprint density at radius 2 is 1.77 bits per heavy atom. The van der Waals surface area contributed by atoms with E-state index in [-0.39, 0.29) is 37.0 Å². The van der Waals surface area contributed by atoms with E-state index < -0.39 is 0 Å². The smallest absolute Gasteiger partial charge is 0.243 e. The summed E-state index contributed by atoms with van der Waals surface area (Å²) in [6.07, 6.45) is 0.202. The molecule has 1 aromatic carbocycles. The number of hydrogen-bond acceptors (Lipinski definition) is 4. The molecule has 0 aliphatic rings. The highest BCUT2D eigenvalue weighted by molar-refractivity contribution is 9.10. The van der Waals surface area contributed by atoms with Gasteiger partial charge in [-0.05, 0) is 50.6 Å². The van der Waals surface area contributed by atoms with Gasteiger partial charge in [0.25, 0.3) is 0 Å². The van der Waals surface area contributed by atoms with Crippen LogP contribution in [0.2, 0.25) is 0 Å². The van der Waals surface area contributed by atoms with Gasteiger partial charge in [-0.2, -0.15) is 0 Å². The molecule has 0 saturated heterocycles. The van der Waals surface area contributed by atoms with Crippen molar-refractivity contribution in [3.8, 4) is 0 Å². The number of carbonyl (C=O) groups is 3. The lowest BCUT2D eigenvalue weighted by molar-refractivity contribution is -0.124.